The molecule has 6 unspecified atom stereocenters. The third-order valence-electron chi connectivity index (χ3n) is 18.7. The van der Waals surface area contributed by atoms with Crippen LogP contribution in [-0.4, -0.2) is 59.8 Å². The highest BCUT2D eigenvalue weighted by molar-refractivity contribution is 7.89. The first-order valence-corrected chi connectivity index (χ1v) is 45.8. The highest BCUT2D eigenvalue weighted by atomic mass is 32.2. The minimum absolute atomic E-state index is 0.486. The molecule has 0 N–H and O–H groups in total. The molecular formula is C78H132O6S6. The molecule has 6 nitrogen and oxygen atoms in total. The monoisotopic (exact) mass is 1360 g/mol. The Balaban J connectivity index is 2.01. The van der Waals surface area contributed by atoms with Crippen LogP contribution in [0.15, 0.2) is 65.8 Å². The molecule has 0 fully saturated rings. The standard InChI is InChI=1S/C78H132O6S6/c1-7-13-19-25-31-37-43-49-55-85(79)73-61-67-68(62-74(73)86(80)56-50-44-38-32-26-20-14-8-2)70-64-76(88(82)58-52-46-40-34-28-22-16-10-4)78(90(84)60-54-48-42-36-30-24-18-12-6)66-72(70)71-65-77(89(83)59-53-47-41-35-29-23-17-11-5)75(63-69(67)71)87(81)57-51-45-39-33-27-21-15-9-3/h61-66H,7-60H2,1-6H3. The van der Waals surface area contributed by atoms with Crippen LogP contribution in [-0.2, 0) is 64.8 Å². The summed E-state index contributed by atoms with van der Waals surface area (Å²) in [5.74, 6) is 2.91. The van der Waals surface area contributed by atoms with Crippen LogP contribution in [0.4, 0.5) is 0 Å². The first-order valence-electron chi connectivity index (χ1n) is 37.9. The molecule has 4 rings (SSSR count). The second kappa shape index (κ2) is 51.8. The maximum atomic E-state index is 15.1. The third kappa shape index (κ3) is 31.2. The van der Waals surface area contributed by atoms with Crippen LogP contribution in [0.3, 0.4) is 0 Å². The maximum absolute atomic E-state index is 15.1. The summed E-state index contributed by atoms with van der Waals surface area (Å²) in [6.07, 6.45) is 54.6. The van der Waals surface area contributed by atoms with E-state index in [1.807, 2.05) is 0 Å². The lowest BCUT2D eigenvalue weighted by Gasteiger charge is -2.20. The van der Waals surface area contributed by atoms with Crippen molar-refractivity contribution in [3.63, 3.8) is 0 Å². The average molecular weight is 1360 g/mol. The van der Waals surface area contributed by atoms with Gasteiger partial charge in [0.1, 0.15) is 0 Å². The SMILES string of the molecule is CCCCCCCCCCS(=O)c1cc2c3cc(S(=O)CCCCCCCCCC)c(S(=O)CCCCCCCCCC)cc3c3cc(S(=O)CCCCCCCCCC)c(S(=O)CCCCCCCCCC)cc3c2cc1S(=O)CCCCCCCCCC. The van der Waals surface area contributed by atoms with Gasteiger partial charge in [-0.05, 0) is 107 Å². The molecule has 0 aliphatic heterocycles. The van der Waals surface area contributed by atoms with E-state index in [9.17, 15) is 0 Å². The number of unbranched alkanes of at least 4 members (excludes halogenated alkanes) is 42. The van der Waals surface area contributed by atoms with E-state index in [1.165, 1.54) is 193 Å². The van der Waals surface area contributed by atoms with Crippen molar-refractivity contribution in [2.75, 3.05) is 34.5 Å². The normalized spacial score (nSPS) is 14.1. The second-order valence-electron chi connectivity index (χ2n) is 26.7. The molecule has 90 heavy (non-hydrogen) atoms. The Morgan fingerprint density at radius 1 is 0.167 bits per heavy atom. The fraction of sp³-hybridized carbons (Fsp3) is 0.769. The number of fused-ring (bicyclic) bond motifs is 6. The fourth-order valence-corrected chi connectivity index (χ4v) is 21.9. The van der Waals surface area contributed by atoms with E-state index in [0.29, 0.717) is 63.9 Å². The van der Waals surface area contributed by atoms with Crippen LogP contribution in [0.5, 0.6) is 0 Å². The Kier molecular flexibility index (Phi) is 46.6. The van der Waals surface area contributed by atoms with Crippen molar-refractivity contribution in [2.24, 2.45) is 0 Å². The van der Waals surface area contributed by atoms with E-state index in [1.54, 1.807) is 0 Å². The minimum atomic E-state index is -1.44. The molecule has 0 aromatic heterocycles. The van der Waals surface area contributed by atoms with E-state index >= 15 is 25.3 Å². The Labute approximate surface area is 568 Å². The molecule has 0 saturated carbocycles. The smallest absolute Gasteiger partial charge is 0.0556 e. The first kappa shape index (κ1) is 81.0. The van der Waals surface area contributed by atoms with Gasteiger partial charge in [-0.25, -0.2) is 0 Å². The van der Waals surface area contributed by atoms with Crippen LogP contribution in [0, 0.1) is 0 Å². The summed E-state index contributed by atoms with van der Waals surface area (Å²) in [7, 11) is -8.67. The zero-order valence-electron chi connectivity index (χ0n) is 58.5. The van der Waals surface area contributed by atoms with Gasteiger partial charge in [0.25, 0.3) is 0 Å². The highest BCUT2D eigenvalue weighted by Crippen LogP contribution is 2.43. The van der Waals surface area contributed by atoms with Crippen LogP contribution < -0.4 is 0 Å². The molecule has 0 saturated heterocycles. The molecule has 0 radical (unpaired) electrons. The van der Waals surface area contributed by atoms with Gasteiger partial charge in [0.15, 0.2) is 0 Å². The molecule has 0 aliphatic carbocycles. The van der Waals surface area contributed by atoms with Crippen molar-refractivity contribution in [1.82, 2.24) is 0 Å². The van der Waals surface area contributed by atoms with E-state index in [-0.39, 0.29) is 0 Å². The summed E-state index contributed by atoms with van der Waals surface area (Å²) >= 11 is 0. The van der Waals surface area contributed by atoms with Crippen LogP contribution in [0.2, 0.25) is 0 Å². The zero-order valence-corrected chi connectivity index (χ0v) is 63.4. The lowest BCUT2D eigenvalue weighted by molar-refractivity contribution is 0.584. The molecule has 0 spiro atoms. The van der Waals surface area contributed by atoms with E-state index < -0.39 is 64.8 Å². The largest absolute Gasteiger partial charge is 0.254 e. The Hall–Kier alpha value is -1.44. The quantitative estimate of drug-likeness (QED) is 0.0322. The predicted octanol–water partition coefficient (Wildman–Crippen LogP) is 24.6. The molecular weight excluding hydrogens is 1230 g/mol. The zero-order chi connectivity index (χ0) is 64.8. The van der Waals surface area contributed by atoms with Crippen LogP contribution >= 0.6 is 0 Å². The Bertz CT molecular complexity index is 2220. The van der Waals surface area contributed by atoms with Gasteiger partial charge in [0.2, 0.25) is 0 Å². The number of hydrogen-bond acceptors (Lipinski definition) is 6. The summed E-state index contributed by atoms with van der Waals surface area (Å²) in [6.45, 7) is 13.5. The van der Waals surface area contributed by atoms with Crippen LogP contribution in [0.25, 0.3) is 32.3 Å². The Morgan fingerprint density at radius 3 is 0.378 bits per heavy atom. The fourth-order valence-electron chi connectivity index (χ4n) is 12.9. The van der Waals surface area contributed by atoms with Crippen molar-refractivity contribution in [3.8, 4) is 0 Å². The molecule has 516 valence electrons. The summed E-state index contributed by atoms with van der Waals surface area (Å²) in [4.78, 5) is 3.72. The lowest BCUT2D eigenvalue weighted by atomic mass is 9.94. The van der Waals surface area contributed by atoms with Gasteiger partial charge >= 0.3 is 0 Å². The van der Waals surface area contributed by atoms with Crippen LogP contribution in [0.1, 0.15) is 350 Å². The maximum Gasteiger partial charge on any atom is 0.0556 e. The van der Waals surface area contributed by atoms with Gasteiger partial charge in [0.05, 0.1) is 94.2 Å². The van der Waals surface area contributed by atoms with Crippen molar-refractivity contribution < 1.29 is 25.3 Å². The summed E-state index contributed by atoms with van der Waals surface area (Å²) in [6, 6.07) is 12.4. The molecule has 6 atom stereocenters. The summed E-state index contributed by atoms with van der Waals surface area (Å²) in [5.41, 5.74) is 0. The van der Waals surface area contributed by atoms with Gasteiger partial charge < -0.3 is 0 Å². The van der Waals surface area contributed by atoms with E-state index in [4.69, 9.17) is 0 Å². The predicted molar refractivity (Wildman–Crippen MR) is 402 cm³/mol. The topological polar surface area (TPSA) is 102 Å². The van der Waals surface area contributed by atoms with Crippen molar-refractivity contribution in [1.29, 1.82) is 0 Å². The van der Waals surface area contributed by atoms with Gasteiger partial charge in [-0.3, -0.25) is 25.3 Å². The lowest BCUT2D eigenvalue weighted by Crippen LogP contribution is -2.09. The van der Waals surface area contributed by atoms with Crippen molar-refractivity contribution in [3.05, 3.63) is 36.4 Å². The molecule has 0 aliphatic rings. The summed E-state index contributed by atoms with van der Waals surface area (Å²) < 4.78 is 90.8. The second-order valence-corrected chi connectivity index (χ2v) is 35.9. The molecule has 12 heteroatoms. The molecule has 0 heterocycles. The number of benzene rings is 4. The Morgan fingerprint density at radius 2 is 0.267 bits per heavy atom. The van der Waals surface area contributed by atoms with Gasteiger partial charge in [-0.2, -0.15) is 0 Å². The van der Waals surface area contributed by atoms with Crippen molar-refractivity contribution in [2.45, 2.75) is 379 Å². The van der Waals surface area contributed by atoms with E-state index in [0.717, 1.165) is 148 Å². The third-order valence-corrected chi connectivity index (χ3v) is 28.0. The number of rotatable bonds is 60. The van der Waals surface area contributed by atoms with Gasteiger partial charge in [-0.1, -0.05) is 311 Å². The van der Waals surface area contributed by atoms with E-state index in [2.05, 4.69) is 77.9 Å². The molecule has 0 amide bonds. The average Bonchev–Trinajstić information content (AvgIpc) is 0.739. The molecule has 4 aromatic rings. The van der Waals surface area contributed by atoms with Crippen molar-refractivity contribution >= 4 is 97.1 Å². The summed E-state index contributed by atoms with van der Waals surface area (Å²) in [5, 5.41) is 5.02. The van der Waals surface area contributed by atoms with Gasteiger partial charge in [0, 0.05) is 34.5 Å². The highest BCUT2D eigenvalue weighted by Gasteiger charge is 2.26. The minimum Gasteiger partial charge on any atom is -0.254 e. The first-order chi connectivity index (χ1) is 44.1. The molecule has 0 bridgehead atoms. The molecule has 4 aromatic carbocycles. The number of hydrogen-bond donors (Lipinski definition) is 0. The van der Waals surface area contributed by atoms with Gasteiger partial charge in [-0.15, -0.1) is 0 Å².